The van der Waals surface area contributed by atoms with Crippen LogP contribution in [0.1, 0.15) is 110 Å². The summed E-state index contributed by atoms with van der Waals surface area (Å²) >= 11 is 0. The molecule has 0 amide bonds. The number of unbranched alkanes of at least 4 members (excludes halogenated alkanes) is 4. The lowest BCUT2D eigenvalue weighted by molar-refractivity contribution is 0.00746. The second-order valence-corrected chi connectivity index (χ2v) is 9.41. The Labute approximate surface area is 173 Å². The van der Waals surface area contributed by atoms with E-state index >= 15 is 0 Å². The molecule has 3 heteroatoms. The molecule has 0 unspecified atom stereocenters. The van der Waals surface area contributed by atoms with Crippen LogP contribution in [0.2, 0.25) is 0 Å². The van der Waals surface area contributed by atoms with Gasteiger partial charge in [0.25, 0.3) is 0 Å². The summed E-state index contributed by atoms with van der Waals surface area (Å²) in [5.41, 5.74) is 0.638. The van der Waals surface area contributed by atoms with Crippen LogP contribution in [0.3, 0.4) is 0 Å². The van der Waals surface area contributed by atoms with Crippen molar-refractivity contribution in [1.82, 2.24) is 9.97 Å². The van der Waals surface area contributed by atoms with Crippen LogP contribution in [-0.4, -0.2) is 16.6 Å². The molecule has 0 N–H and O–H groups in total. The van der Waals surface area contributed by atoms with Crippen molar-refractivity contribution in [1.29, 1.82) is 0 Å². The number of rotatable bonds is 11. The standard InChI is InChI=1S/C25H42N2O/c1-2-3-4-5-9-16-25(17-10-6-11-18-25)23-14-8-7-13-22(23)15-21-28-24-26-19-12-20-27-24/h12,19-20,22-23H,2-11,13-18,21H2,1H3/t22-,23+/m1/s1. The predicted molar refractivity (Wildman–Crippen MR) is 116 cm³/mol. The Hall–Kier alpha value is -1.12. The molecule has 0 bridgehead atoms. The quantitative estimate of drug-likeness (QED) is 0.372. The van der Waals surface area contributed by atoms with E-state index in [2.05, 4.69) is 16.9 Å². The first-order chi connectivity index (χ1) is 13.8. The number of aromatic nitrogens is 2. The van der Waals surface area contributed by atoms with Crippen molar-refractivity contribution in [3.05, 3.63) is 18.5 Å². The van der Waals surface area contributed by atoms with Gasteiger partial charge in [-0.3, -0.25) is 0 Å². The first kappa shape index (κ1) is 21.6. The van der Waals surface area contributed by atoms with Crippen molar-refractivity contribution >= 4 is 0 Å². The van der Waals surface area contributed by atoms with Gasteiger partial charge in [-0.2, -0.15) is 0 Å². The Morgan fingerprint density at radius 2 is 1.68 bits per heavy atom. The van der Waals surface area contributed by atoms with Crippen LogP contribution in [0.5, 0.6) is 6.01 Å². The topological polar surface area (TPSA) is 35.0 Å². The van der Waals surface area contributed by atoms with E-state index in [0.29, 0.717) is 11.4 Å². The van der Waals surface area contributed by atoms with Crippen molar-refractivity contribution in [3.8, 4) is 6.01 Å². The fourth-order valence-electron chi connectivity index (χ4n) is 6.16. The lowest BCUT2D eigenvalue weighted by Gasteiger charge is -2.49. The van der Waals surface area contributed by atoms with E-state index in [-0.39, 0.29) is 0 Å². The average molecular weight is 387 g/mol. The normalized spacial score (nSPS) is 24.8. The lowest BCUT2D eigenvalue weighted by Crippen LogP contribution is -2.39. The third-order valence-electron chi connectivity index (χ3n) is 7.59. The molecule has 28 heavy (non-hydrogen) atoms. The molecule has 1 aromatic rings. The van der Waals surface area contributed by atoms with Crippen LogP contribution in [0.4, 0.5) is 0 Å². The maximum Gasteiger partial charge on any atom is 0.316 e. The van der Waals surface area contributed by atoms with Gasteiger partial charge in [0.1, 0.15) is 0 Å². The third kappa shape index (κ3) is 6.19. The van der Waals surface area contributed by atoms with Gasteiger partial charge in [0, 0.05) is 12.4 Å². The first-order valence-corrected chi connectivity index (χ1v) is 12.2. The number of ether oxygens (including phenoxy) is 1. The van der Waals surface area contributed by atoms with E-state index in [9.17, 15) is 0 Å². The molecule has 0 aliphatic heterocycles. The molecule has 2 saturated carbocycles. The SMILES string of the molecule is CCCCCCCC1([C@H]2CCCC[C@@H]2CCOc2ncccn2)CCCCC1. The summed E-state index contributed by atoms with van der Waals surface area (Å²) in [7, 11) is 0. The summed E-state index contributed by atoms with van der Waals surface area (Å²) in [4.78, 5) is 8.43. The highest BCUT2D eigenvalue weighted by Crippen LogP contribution is 2.54. The van der Waals surface area contributed by atoms with Crippen LogP contribution < -0.4 is 4.74 Å². The number of hydrogen-bond acceptors (Lipinski definition) is 3. The van der Waals surface area contributed by atoms with Crippen molar-refractivity contribution in [2.24, 2.45) is 17.3 Å². The highest BCUT2D eigenvalue weighted by molar-refractivity contribution is 4.95. The van der Waals surface area contributed by atoms with Crippen LogP contribution in [0, 0.1) is 17.3 Å². The molecule has 0 saturated heterocycles. The minimum Gasteiger partial charge on any atom is -0.463 e. The van der Waals surface area contributed by atoms with Crippen LogP contribution in [0.25, 0.3) is 0 Å². The summed E-state index contributed by atoms with van der Waals surface area (Å²) in [5.74, 6) is 1.76. The summed E-state index contributed by atoms with van der Waals surface area (Å²) < 4.78 is 5.88. The molecule has 2 aliphatic carbocycles. The zero-order valence-electron chi connectivity index (χ0n) is 18.2. The van der Waals surface area contributed by atoms with E-state index in [1.165, 1.54) is 103 Å². The minimum absolute atomic E-state index is 0.540. The van der Waals surface area contributed by atoms with Gasteiger partial charge in [0.05, 0.1) is 6.61 Å². The van der Waals surface area contributed by atoms with E-state index in [1.54, 1.807) is 12.4 Å². The molecule has 3 nitrogen and oxygen atoms in total. The Bertz CT molecular complexity index is 527. The Kier molecular flexibility index (Phi) is 9.08. The van der Waals surface area contributed by atoms with E-state index in [0.717, 1.165) is 18.4 Å². The van der Waals surface area contributed by atoms with Crippen molar-refractivity contribution < 1.29 is 4.74 Å². The van der Waals surface area contributed by atoms with Gasteiger partial charge >= 0.3 is 6.01 Å². The van der Waals surface area contributed by atoms with E-state index in [1.807, 2.05) is 6.07 Å². The second-order valence-electron chi connectivity index (χ2n) is 9.41. The molecule has 0 aromatic carbocycles. The maximum absolute atomic E-state index is 5.88. The van der Waals surface area contributed by atoms with Crippen LogP contribution in [0.15, 0.2) is 18.5 Å². The van der Waals surface area contributed by atoms with Gasteiger partial charge in [0.15, 0.2) is 0 Å². The lowest BCUT2D eigenvalue weighted by atomic mass is 9.56. The van der Waals surface area contributed by atoms with Crippen molar-refractivity contribution in [3.63, 3.8) is 0 Å². The molecule has 2 fully saturated rings. The second kappa shape index (κ2) is 11.8. The molecule has 158 valence electrons. The molecule has 0 spiro atoms. The summed E-state index contributed by atoms with van der Waals surface area (Å²) in [6, 6.07) is 2.38. The predicted octanol–water partition coefficient (Wildman–Crippen LogP) is 7.36. The van der Waals surface area contributed by atoms with Gasteiger partial charge in [0.2, 0.25) is 0 Å². The molecule has 2 aliphatic rings. The maximum atomic E-state index is 5.88. The van der Waals surface area contributed by atoms with E-state index < -0.39 is 0 Å². The Morgan fingerprint density at radius 3 is 2.46 bits per heavy atom. The summed E-state index contributed by atoms with van der Waals surface area (Å²) in [5, 5.41) is 0. The highest BCUT2D eigenvalue weighted by Gasteiger charge is 2.43. The third-order valence-corrected chi connectivity index (χ3v) is 7.59. The van der Waals surface area contributed by atoms with Gasteiger partial charge in [-0.25, -0.2) is 9.97 Å². The molecule has 0 radical (unpaired) electrons. The molecule has 1 heterocycles. The average Bonchev–Trinajstić information content (AvgIpc) is 2.75. The summed E-state index contributed by atoms with van der Waals surface area (Å²) in [6.45, 7) is 3.09. The molecule has 3 rings (SSSR count). The Balaban J connectivity index is 1.57. The Morgan fingerprint density at radius 1 is 0.929 bits per heavy atom. The summed E-state index contributed by atoms with van der Waals surface area (Å²) in [6.07, 6.45) is 26.4. The van der Waals surface area contributed by atoms with E-state index in [4.69, 9.17) is 4.74 Å². The van der Waals surface area contributed by atoms with Gasteiger partial charge in [-0.15, -0.1) is 0 Å². The number of hydrogen-bond donors (Lipinski definition) is 0. The minimum atomic E-state index is 0.540. The first-order valence-electron chi connectivity index (χ1n) is 12.2. The van der Waals surface area contributed by atoms with Gasteiger partial charge in [-0.1, -0.05) is 77.6 Å². The molecular formula is C25H42N2O. The number of nitrogens with zero attached hydrogens (tertiary/aromatic N) is 2. The zero-order chi connectivity index (χ0) is 19.5. The monoisotopic (exact) mass is 386 g/mol. The smallest absolute Gasteiger partial charge is 0.316 e. The van der Waals surface area contributed by atoms with Crippen molar-refractivity contribution in [2.45, 2.75) is 110 Å². The zero-order valence-corrected chi connectivity index (χ0v) is 18.2. The van der Waals surface area contributed by atoms with Crippen LogP contribution >= 0.6 is 0 Å². The molecule has 2 atom stereocenters. The molecular weight excluding hydrogens is 344 g/mol. The van der Waals surface area contributed by atoms with Crippen molar-refractivity contribution in [2.75, 3.05) is 6.61 Å². The molecule has 1 aromatic heterocycles. The fourth-order valence-corrected chi connectivity index (χ4v) is 6.16. The highest BCUT2D eigenvalue weighted by atomic mass is 16.5. The largest absolute Gasteiger partial charge is 0.463 e. The van der Waals surface area contributed by atoms with Gasteiger partial charge < -0.3 is 4.74 Å². The van der Waals surface area contributed by atoms with Gasteiger partial charge in [-0.05, 0) is 55.4 Å². The fraction of sp³-hybridized carbons (Fsp3) is 0.840. The van der Waals surface area contributed by atoms with Crippen LogP contribution in [-0.2, 0) is 0 Å².